The normalized spacial score (nSPS) is 10.5. The first-order valence-corrected chi connectivity index (χ1v) is 8.83. The molecule has 0 saturated heterocycles. The summed E-state index contributed by atoms with van der Waals surface area (Å²) in [5, 5.41) is 5.54. The fraction of sp³-hybridized carbons (Fsp3) is 0.263. The maximum atomic E-state index is 12.0. The van der Waals surface area contributed by atoms with E-state index in [4.69, 9.17) is 0 Å². The van der Waals surface area contributed by atoms with Gasteiger partial charge in [-0.2, -0.15) is 0 Å². The second-order valence-electron chi connectivity index (χ2n) is 5.82. The van der Waals surface area contributed by atoms with Crippen molar-refractivity contribution in [2.24, 2.45) is 0 Å². The Hall–Kier alpha value is -2.27. The molecule has 2 N–H and O–H groups in total. The van der Waals surface area contributed by atoms with Gasteiger partial charge in [-0.3, -0.25) is 9.59 Å². The van der Waals surface area contributed by atoms with Crippen LogP contribution in [0.3, 0.4) is 0 Å². The average Bonchev–Trinajstić information content (AvgIpc) is 2.54. The van der Waals surface area contributed by atoms with Crippen LogP contribution in [0.15, 0.2) is 53.4 Å². The Balaban J connectivity index is 1.83. The van der Waals surface area contributed by atoms with E-state index in [0.29, 0.717) is 23.0 Å². The first-order chi connectivity index (χ1) is 11.4. The predicted molar refractivity (Wildman–Crippen MR) is 101 cm³/mol. The lowest BCUT2D eigenvalue weighted by Gasteiger charge is -2.08. The number of hydrogen-bond acceptors (Lipinski definition) is 3. The van der Waals surface area contributed by atoms with Crippen molar-refractivity contribution >= 4 is 35.0 Å². The van der Waals surface area contributed by atoms with Crippen LogP contribution in [-0.4, -0.2) is 17.6 Å². The average molecular weight is 342 g/mol. The zero-order valence-corrected chi connectivity index (χ0v) is 14.9. The standard InChI is InChI=1S/C19H22N2O2S/c1-13(2)15-4-10-18(11-5-15)24-12-19(23)21-17-8-6-16(7-9-17)20-14(3)22/h4-11,13H,12H2,1-3H3,(H,20,22)(H,21,23). The van der Waals surface area contributed by atoms with Crippen LogP contribution < -0.4 is 10.6 Å². The van der Waals surface area contributed by atoms with E-state index >= 15 is 0 Å². The van der Waals surface area contributed by atoms with Crippen molar-refractivity contribution in [2.45, 2.75) is 31.6 Å². The van der Waals surface area contributed by atoms with Crippen molar-refractivity contribution in [2.75, 3.05) is 16.4 Å². The summed E-state index contributed by atoms with van der Waals surface area (Å²) in [4.78, 5) is 24.1. The molecule has 0 aliphatic heterocycles. The molecule has 0 unspecified atom stereocenters. The van der Waals surface area contributed by atoms with Crippen molar-refractivity contribution in [1.29, 1.82) is 0 Å². The summed E-state index contributed by atoms with van der Waals surface area (Å²) in [5.74, 6) is 0.689. The Morgan fingerprint density at radius 3 is 1.96 bits per heavy atom. The molecule has 2 aromatic rings. The lowest BCUT2D eigenvalue weighted by Crippen LogP contribution is -2.14. The minimum atomic E-state index is -0.119. The molecule has 0 aliphatic rings. The second-order valence-corrected chi connectivity index (χ2v) is 6.87. The quantitative estimate of drug-likeness (QED) is 0.760. The number of hydrogen-bond donors (Lipinski definition) is 2. The Kier molecular flexibility index (Phi) is 6.44. The molecule has 0 fully saturated rings. The van der Waals surface area contributed by atoms with Crippen molar-refractivity contribution in [3.63, 3.8) is 0 Å². The van der Waals surface area contributed by atoms with Gasteiger partial charge in [-0.25, -0.2) is 0 Å². The van der Waals surface area contributed by atoms with Gasteiger partial charge >= 0.3 is 0 Å². The van der Waals surface area contributed by atoms with Crippen molar-refractivity contribution < 1.29 is 9.59 Å². The summed E-state index contributed by atoms with van der Waals surface area (Å²) in [5.41, 5.74) is 2.72. The van der Waals surface area contributed by atoms with Gasteiger partial charge in [0.15, 0.2) is 0 Å². The molecule has 0 saturated carbocycles. The van der Waals surface area contributed by atoms with E-state index in [9.17, 15) is 9.59 Å². The maximum Gasteiger partial charge on any atom is 0.234 e. The maximum absolute atomic E-state index is 12.0. The predicted octanol–water partition coefficient (Wildman–Crippen LogP) is 4.50. The number of amides is 2. The van der Waals surface area contributed by atoms with Gasteiger partial charge in [0.2, 0.25) is 11.8 Å². The Morgan fingerprint density at radius 2 is 1.46 bits per heavy atom. The van der Waals surface area contributed by atoms with Crippen LogP contribution in [0.1, 0.15) is 32.3 Å². The van der Waals surface area contributed by atoms with Crippen LogP contribution >= 0.6 is 11.8 Å². The van der Waals surface area contributed by atoms with Gasteiger partial charge in [0.05, 0.1) is 5.75 Å². The van der Waals surface area contributed by atoms with E-state index in [1.54, 1.807) is 24.3 Å². The van der Waals surface area contributed by atoms with Crippen LogP contribution in [0.4, 0.5) is 11.4 Å². The Bertz CT molecular complexity index is 694. The molecule has 2 aromatic carbocycles. The third kappa shape index (κ3) is 5.74. The second kappa shape index (κ2) is 8.55. The van der Waals surface area contributed by atoms with Crippen LogP contribution in [-0.2, 0) is 9.59 Å². The van der Waals surface area contributed by atoms with E-state index in [2.05, 4.69) is 48.7 Å². The van der Waals surface area contributed by atoms with Crippen molar-refractivity contribution in [1.82, 2.24) is 0 Å². The summed E-state index contributed by atoms with van der Waals surface area (Å²) in [6.07, 6.45) is 0. The minimum absolute atomic E-state index is 0.0554. The summed E-state index contributed by atoms with van der Waals surface area (Å²) >= 11 is 1.51. The van der Waals surface area contributed by atoms with E-state index in [1.807, 2.05) is 0 Å². The third-order valence-electron chi connectivity index (χ3n) is 3.41. The Labute approximate surface area is 147 Å². The molecule has 0 radical (unpaired) electrons. The van der Waals surface area contributed by atoms with Gasteiger partial charge in [0.25, 0.3) is 0 Å². The highest BCUT2D eigenvalue weighted by molar-refractivity contribution is 8.00. The summed E-state index contributed by atoms with van der Waals surface area (Å²) < 4.78 is 0. The number of rotatable bonds is 6. The number of carbonyl (C=O) groups is 2. The summed E-state index contributed by atoms with van der Waals surface area (Å²) in [6, 6.07) is 15.4. The zero-order chi connectivity index (χ0) is 17.5. The molecule has 0 atom stereocenters. The molecule has 0 heterocycles. The first kappa shape index (κ1) is 18.1. The SMILES string of the molecule is CC(=O)Nc1ccc(NC(=O)CSc2ccc(C(C)C)cc2)cc1. The monoisotopic (exact) mass is 342 g/mol. The largest absolute Gasteiger partial charge is 0.326 e. The van der Waals surface area contributed by atoms with Crippen LogP contribution in [0.5, 0.6) is 0 Å². The third-order valence-corrected chi connectivity index (χ3v) is 4.42. The number of benzene rings is 2. The van der Waals surface area contributed by atoms with Crippen LogP contribution in [0.2, 0.25) is 0 Å². The molecule has 5 heteroatoms. The van der Waals surface area contributed by atoms with Gasteiger partial charge < -0.3 is 10.6 Å². The molecule has 0 aromatic heterocycles. The smallest absolute Gasteiger partial charge is 0.234 e. The molecule has 4 nitrogen and oxygen atoms in total. The molecule has 24 heavy (non-hydrogen) atoms. The number of carbonyl (C=O) groups excluding carboxylic acids is 2. The van der Waals surface area contributed by atoms with Gasteiger partial charge in [0, 0.05) is 23.2 Å². The molecule has 2 rings (SSSR count). The highest BCUT2D eigenvalue weighted by Crippen LogP contribution is 2.22. The van der Waals surface area contributed by atoms with Crippen molar-refractivity contribution in [3.05, 3.63) is 54.1 Å². The molecule has 0 aliphatic carbocycles. The zero-order valence-electron chi connectivity index (χ0n) is 14.1. The molecule has 0 spiro atoms. The van der Waals surface area contributed by atoms with Gasteiger partial charge in [0.1, 0.15) is 0 Å². The number of nitrogens with one attached hydrogen (secondary N) is 2. The van der Waals surface area contributed by atoms with Crippen molar-refractivity contribution in [3.8, 4) is 0 Å². The van der Waals surface area contributed by atoms with Crippen LogP contribution in [0, 0.1) is 0 Å². The lowest BCUT2D eigenvalue weighted by atomic mass is 10.0. The Morgan fingerprint density at radius 1 is 0.917 bits per heavy atom. The van der Waals surface area contributed by atoms with E-state index < -0.39 is 0 Å². The van der Waals surface area contributed by atoms with Gasteiger partial charge in [-0.05, 0) is 47.9 Å². The number of anilines is 2. The fourth-order valence-electron chi connectivity index (χ4n) is 2.14. The summed E-state index contributed by atoms with van der Waals surface area (Å²) in [7, 11) is 0. The lowest BCUT2D eigenvalue weighted by molar-refractivity contribution is -0.114. The van der Waals surface area contributed by atoms with E-state index in [-0.39, 0.29) is 11.8 Å². The fourth-order valence-corrected chi connectivity index (χ4v) is 2.83. The van der Waals surface area contributed by atoms with Gasteiger partial charge in [-0.1, -0.05) is 26.0 Å². The topological polar surface area (TPSA) is 58.2 Å². The highest BCUT2D eigenvalue weighted by atomic mass is 32.2. The highest BCUT2D eigenvalue weighted by Gasteiger charge is 2.05. The number of thioether (sulfide) groups is 1. The molecule has 2 amide bonds. The summed E-state index contributed by atoms with van der Waals surface area (Å²) in [6.45, 7) is 5.78. The molecule has 126 valence electrons. The molecular formula is C19H22N2O2S. The van der Waals surface area contributed by atoms with Crippen LogP contribution in [0.25, 0.3) is 0 Å². The molecule has 0 bridgehead atoms. The van der Waals surface area contributed by atoms with Gasteiger partial charge in [-0.15, -0.1) is 11.8 Å². The molecular weight excluding hydrogens is 320 g/mol. The minimum Gasteiger partial charge on any atom is -0.326 e. The van der Waals surface area contributed by atoms with E-state index in [1.165, 1.54) is 24.2 Å². The van der Waals surface area contributed by atoms with E-state index in [0.717, 1.165) is 4.90 Å². The first-order valence-electron chi connectivity index (χ1n) is 7.84.